The summed E-state index contributed by atoms with van der Waals surface area (Å²) < 4.78 is 29.5. The largest absolute Gasteiger partial charge is 0.354 e. The third-order valence-electron chi connectivity index (χ3n) is 6.30. The third-order valence-corrected chi connectivity index (χ3v) is 8.98. The Morgan fingerprint density at radius 3 is 2.26 bits per heavy atom. The van der Waals surface area contributed by atoms with E-state index < -0.39 is 28.5 Å². The second-order valence-electron chi connectivity index (χ2n) is 9.23. The van der Waals surface area contributed by atoms with E-state index in [-0.39, 0.29) is 17.3 Å². The van der Waals surface area contributed by atoms with E-state index in [0.717, 1.165) is 27.2 Å². The quantitative estimate of drug-likeness (QED) is 0.250. The topological polar surface area (TPSA) is 86.8 Å². The van der Waals surface area contributed by atoms with Gasteiger partial charge >= 0.3 is 0 Å². The molecule has 0 heterocycles. The van der Waals surface area contributed by atoms with Gasteiger partial charge in [0.2, 0.25) is 11.8 Å². The molecule has 0 unspecified atom stereocenters. The summed E-state index contributed by atoms with van der Waals surface area (Å²) in [7, 11) is -4.11. The zero-order valence-corrected chi connectivity index (χ0v) is 25.4. The van der Waals surface area contributed by atoms with Gasteiger partial charge in [0.05, 0.1) is 10.6 Å². The van der Waals surface area contributed by atoms with Gasteiger partial charge in [-0.25, -0.2) is 8.42 Å². The van der Waals surface area contributed by atoms with E-state index in [4.69, 9.17) is 11.6 Å². The van der Waals surface area contributed by atoms with Gasteiger partial charge in [0, 0.05) is 22.6 Å². The molecule has 1 atom stereocenters. The summed E-state index contributed by atoms with van der Waals surface area (Å²) in [5.41, 5.74) is 1.89. The molecule has 0 aliphatic heterocycles. The van der Waals surface area contributed by atoms with Crippen molar-refractivity contribution in [2.75, 3.05) is 17.4 Å². The highest BCUT2D eigenvalue weighted by molar-refractivity contribution is 9.10. The van der Waals surface area contributed by atoms with Crippen LogP contribution in [0, 0.1) is 6.92 Å². The number of carbonyl (C=O) groups is 2. The number of sulfonamides is 1. The van der Waals surface area contributed by atoms with Gasteiger partial charge in [-0.3, -0.25) is 13.9 Å². The smallest absolute Gasteiger partial charge is 0.264 e. The Labute approximate surface area is 244 Å². The summed E-state index contributed by atoms with van der Waals surface area (Å²) in [6.07, 6.45) is 1.72. The molecule has 2 amide bonds. The first-order chi connectivity index (χ1) is 18.5. The van der Waals surface area contributed by atoms with E-state index in [1.807, 2.05) is 13.8 Å². The Hall–Kier alpha value is -2.88. The lowest BCUT2D eigenvalue weighted by Crippen LogP contribution is -2.51. The molecule has 39 heavy (non-hydrogen) atoms. The molecular weight excluding hydrogens is 602 g/mol. The van der Waals surface area contributed by atoms with Crippen molar-refractivity contribution in [3.05, 3.63) is 93.4 Å². The van der Waals surface area contributed by atoms with Crippen LogP contribution < -0.4 is 9.62 Å². The van der Waals surface area contributed by atoms with Crippen molar-refractivity contribution in [3.8, 4) is 0 Å². The molecule has 0 radical (unpaired) electrons. The van der Waals surface area contributed by atoms with E-state index in [2.05, 4.69) is 21.2 Å². The fourth-order valence-electron chi connectivity index (χ4n) is 3.90. The number of hydrogen-bond acceptors (Lipinski definition) is 4. The van der Waals surface area contributed by atoms with Crippen molar-refractivity contribution in [2.24, 2.45) is 0 Å². The first-order valence-corrected chi connectivity index (χ1v) is 15.3. The fourth-order valence-corrected chi connectivity index (χ4v) is 5.78. The summed E-state index contributed by atoms with van der Waals surface area (Å²) in [4.78, 5) is 28.3. The van der Waals surface area contributed by atoms with Crippen molar-refractivity contribution in [3.63, 3.8) is 0 Å². The number of aryl methyl sites for hydroxylation is 1. The van der Waals surface area contributed by atoms with Crippen LogP contribution in [0.4, 0.5) is 5.69 Å². The minimum Gasteiger partial charge on any atom is -0.354 e. The summed E-state index contributed by atoms with van der Waals surface area (Å²) in [5.74, 6) is -0.855. The Kier molecular flexibility index (Phi) is 11.0. The second kappa shape index (κ2) is 14.0. The predicted octanol–water partition coefficient (Wildman–Crippen LogP) is 5.94. The number of amides is 2. The maximum atomic E-state index is 13.9. The Bertz CT molecular complexity index is 1380. The van der Waals surface area contributed by atoms with Crippen molar-refractivity contribution >= 4 is 55.1 Å². The highest BCUT2D eigenvalue weighted by Crippen LogP contribution is 2.27. The Balaban J connectivity index is 2.00. The van der Waals surface area contributed by atoms with Crippen LogP contribution in [0.2, 0.25) is 5.02 Å². The summed E-state index contributed by atoms with van der Waals surface area (Å²) >= 11 is 9.77. The summed E-state index contributed by atoms with van der Waals surface area (Å²) in [5, 5.41) is 3.32. The second-order valence-corrected chi connectivity index (χ2v) is 12.4. The van der Waals surface area contributed by atoms with Crippen LogP contribution in [0.1, 0.15) is 37.8 Å². The van der Waals surface area contributed by atoms with Gasteiger partial charge in [-0.05, 0) is 68.3 Å². The van der Waals surface area contributed by atoms with Gasteiger partial charge in [0.15, 0.2) is 0 Å². The molecule has 3 aromatic rings. The highest BCUT2D eigenvalue weighted by atomic mass is 79.9. The average Bonchev–Trinajstić information content (AvgIpc) is 2.91. The zero-order chi connectivity index (χ0) is 28.6. The molecule has 10 heteroatoms. The van der Waals surface area contributed by atoms with E-state index in [1.54, 1.807) is 67.6 Å². The minimum atomic E-state index is -4.11. The normalized spacial score (nSPS) is 12.0. The van der Waals surface area contributed by atoms with Gasteiger partial charge in [-0.2, -0.15) is 0 Å². The number of nitrogens with zero attached hydrogens (tertiary/aromatic N) is 2. The van der Waals surface area contributed by atoms with Crippen LogP contribution in [0.25, 0.3) is 0 Å². The van der Waals surface area contributed by atoms with Crippen LogP contribution in [-0.2, 0) is 26.2 Å². The number of hydrogen-bond donors (Lipinski definition) is 1. The first-order valence-electron chi connectivity index (χ1n) is 12.7. The molecule has 1 N–H and O–H groups in total. The van der Waals surface area contributed by atoms with Crippen LogP contribution >= 0.6 is 27.5 Å². The lowest BCUT2D eigenvalue weighted by Gasteiger charge is -2.32. The monoisotopic (exact) mass is 633 g/mol. The maximum absolute atomic E-state index is 13.9. The molecule has 3 rings (SSSR count). The Morgan fingerprint density at radius 2 is 1.64 bits per heavy atom. The maximum Gasteiger partial charge on any atom is 0.264 e. The van der Waals surface area contributed by atoms with Crippen LogP contribution in [0.15, 0.2) is 82.2 Å². The number of halogens is 2. The molecule has 0 aromatic heterocycles. The van der Waals surface area contributed by atoms with Crippen molar-refractivity contribution < 1.29 is 18.0 Å². The lowest BCUT2D eigenvalue weighted by atomic mass is 10.1. The number of benzene rings is 3. The molecule has 208 valence electrons. The molecule has 0 saturated carbocycles. The molecule has 7 nitrogen and oxygen atoms in total. The van der Waals surface area contributed by atoms with E-state index >= 15 is 0 Å². The molecule has 0 bridgehead atoms. The first kappa shape index (κ1) is 30.7. The minimum absolute atomic E-state index is 0.0413. The van der Waals surface area contributed by atoms with Gasteiger partial charge < -0.3 is 10.2 Å². The van der Waals surface area contributed by atoms with Gasteiger partial charge in [-0.15, -0.1) is 0 Å². The van der Waals surface area contributed by atoms with Crippen molar-refractivity contribution in [1.29, 1.82) is 0 Å². The molecular formula is C29H33BrClN3O4S. The fraction of sp³-hybridized carbons (Fsp3) is 0.310. The van der Waals surface area contributed by atoms with E-state index in [1.165, 1.54) is 17.0 Å². The summed E-state index contributed by atoms with van der Waals surface area (Å²) in [6.45, 7) is 5.55. The molecule has 0 aliphatic rings. The average molecular weight is 635 g/mol. The summed E-state index contributed by atoms with van der Waals surface area (Å²) in [6, 6.07) is 19.3. The molecule has 0 aliphatic carbocycles. The van der Waals surface area contributed by atoms with Crippen LogP contribution in [0.3, 0.4) is 0 Å². The zero-order valence-electron chi connectivity index (χ0n) is 22.2. The number of nitrogens with one attached hydrogen (secondary N) is 1. The molecule has 0 fully saturated rings. The SMILES string of the molecule is CCCCNC(=O)[C@@H](C)N(Cc1ccccc1Cl)C(=O)CN(c1ccc(Br)cc1)S(=O)(=O)c1ccc(C)cc1. The van der Waals surface area contributed by atoms with Gasteiger partial charge in [0.1, 0.15) is 12.6 Å². The number of carbonyl (C=O) groups excluding carboxylic acids is 2. The van der Waals surface area contributed by atoms with Crippen LogP contribution in [0.5, 0.6) is 0 Å². The molecule has 3 aromatic carbocycles. The number of anilines is 1. The van der Waals surface area contributed by atoms with Gasteiger partial charge in [0.25, 0.3) is 10.0 Å². The van der Waals surface area contributed by atoms with Gasteiger partial charge in [-0.1, -0.05) is 76.8 Å². The van der Waals surface area contributed by atoms with E-state index in [0.29, 0.717) is 22.8 Å². The number of rotatable bonds is 12. The molecule has 0 spiro atoms. The predicted molar refractivity (Wildman–Crippen MR) is 159 cm³/mol. The van der Waals surface area contributed by atoms with E-state index in [9.17, 15) is 18.0 Å². The Morgan fingerprint density at radius 1 is 1.00 bits per heavy atom. The lowest BCUT2D eigenvalue weighted by molar-refractivity contribution is -0.139. The highest BCUT2D eigenvalue weighted by Gasteiger charge is 2.32. The van der Waals surface area contributed by atoms with Crippen molar-refractivity contribution in [2.45, 2.75) is 51.1 Å². The third kappa shape index (κ3) is 8.06. The van der Waals surface area contributed by atoms with Crippen LogP contribution in [-0.4, -0.2) is 44.3 Å². The molecule has 0 saturated heterocycles. The number of unbranched alkanes of at least 4 members (excludes halogenated alkanes) is 1. The van der Waals surface area contributed by atoms with Crippen molar-refractivity contribution in [1.82, 2.24) is 10.2 Å². The standard InChI is InChI=1S/C29H33BrClN3O4S/c1-4-5-18-32-29(36)22(3)33(19-23-8-6-7-9-27(23)31)28(35)20-34(25-14-12-24(30)13-15-25)39(37,38)26-16-10-21(2)11-17-26/h6-17,22H,4-5,18-20H2,1-3H3,(H,32,36)/t22-/m1/s1.